The Balaban J connectivity index is 3.40. The van der Waals surface area contributed by atoms with Crippen LogP contribution in [0.5, 0.6) is 0 Å². The first-order chi connectivity index (χ1) is 5.57. The Labute approximate surface area is 73.0 Å². The summed E-state index contributed by atoms with van der Waals surface area (Å²) >= 11 is 0. The number of nitrogen functional groups attached to an aromatic ring is 1. The van der Waals surface area contributed by atoms with Crippen molar-refractivity contribution < 1.29 is 5.11 Å². The lowest BCUT2D eigenvalue weighted by molar-refractivity contribution is 0.281. The van der Waals surface area contributed by atoms with Gasteiger partial charge >= 0.3 is 0 Å². The molecule has 0 unspecified atom stereocenters. The van der Waals surface area contributed by atoms with Crippen LogP contribution in [-0.2, 0) is 6.61 Å². The van der Waals surface area contributed by atoms with Crippen LogP contribution in [0.25, 0.3) is 0 Å². The molecule has 0 saturated carbocycles. The Kier molecular flexibility index (Phi) is 2.38. The van der Waals surface area contributed by atoms with Crippen molar-refractivity contribution in [3.05, 3.63) is 28.3 Å². The summed E-state index contributed by atoms with van der Waals surface area (Å²) in [5.74, 6) is 0. The zero-order valence-corrected chi connectivity index (χ0v) is 7.81. The van der Waals surface area contributed by atoms with E-state index in [2.05, 4.69) is 6.07 Å². The second-order valence-electron chi connectivity index (χ2n) is 3.19. The summed E-state index contributed by atoms with van der Waals surface area (Å²) in [7, 11) is 0. The summed E-state index contributed by atoms with van der Waals surface area (Å²) in [6.45, 7) is 6.00. The largest absolute Gasteiger partial charge is 0.398 e. The van der Waals surface area contributed by atoms with E-state index in [0.717, 1.165) is 22.4 Å². The number of aryl methyl sites for hydroxylation is 2. The van der Waals surface area contributed by atoms with Crippen molar-refractivity contribution in [2.24, 2.45) is 0 Å². The smallest absolute Gasteiger partial charge is 0.0704 e. The third-order valence-electron chi connectivity index (χ3n) is 2.39. The van der Waals surface area contributed by atoms with Gasteiger partial charge < -0.3 is 10.8 Å². The zero-order valence-electron chi connectivity index (χ0n) is 7.81. The second kappa shape index (κ2) is 3.15. The molecule has 0 aliphatic heterocycles. The van der Waals surface area contributed by atoms with E-state index >= 15 is 0 Å². The molecule has 0 bridgehead atoms. The highest BCUT2D eigenvalue weighted by Gasteiger charge is 2.06. The van der Waals surface area contributed by atoms with E-state index in [1.807, 2.05) is 20.8 Å². The van der Waals surface area contributed by atoms with Gasteiger partial charge in [0.2, 0.25) is 0 Å². The van der Waals surface area contributed by atoms with E-state index in [1.165, 1.54) is 5.56 Å². The lowest BCUT2D eigenvalue weighted by Gasteiger charge is -2.12. The summed E-state index contributed by atoms with van der Waals surface area (Å²) < 4.78 is 0. The minimum Gasteiger partial charge on any atom is -0.398 e. The number of aliphatic hydroxyl groups excluding tert-OH is 1. The second-order valence-corrected chi connectivity index (χ2v) is 3.19. The molecule has 0 heterocycles. The van der Waals surface area contributed by atoms with Crippen molar-refractivity contribution in [3.8, 4) is 0 Å². The monoisotopic (exact) mass is 165 g/mol. The van der Waals surface area contributed by atoms with Crippen LogP contribution in [0, 0.1) is 20.8 Å². The topological polar surface area (TPSA) is 46.2 Å². The number of anilines is 1. The number of hydrogen-bond acceptors (Lipinski definition) is 2. The van der Waals surface area contributed by atoms with Gasteiger partial charge in [0.05, 0.1) is 6.61 Å². The fourth-order valence-electron chi connectivity index (χ4n) is 1.38. The molecule has 1 rings (SSSR count). The number of aliphatic hydroxyl groups is 1. The molecule has 12 heavy (non-hydrogen) atoms. The van der Waals surface area contributed by atoms with Crippen LogP contribution in [-0.4, -0.2) is 5.11 Å². The van der Waals surface area contributed by atoms with Gasteiger partial charge in [0.25, 0.3) is 0 Å². The molecule has 0 atom stereocenters. The van der Waals surface area contributed by atoms with Crippen LogP contribution >= 0.6 is 0 Å². The molecule has 2 nitrogen and oxygen atoms in total. The van der Waals surface area contributed by atoms with E-state index < -0.39 is 0 Å². The van der Waals surface area contributed by atoms with Crippen molar-refractivity contribution in [2.75, 3.05) is 5.73 Å². The van der Waals surface area contributed by atoms with Crippen LogP contribution in [0.4, 0.5) is 5.69 Å². The molecule has 66 valence electrons. The molecule has 0 saturated heterocycles. The first kappa shape index (κ1) is 9.07. The summed E-state index contributed by atoms with van der Waals surface area (Å²) in [4.78, 5) is 0. The molecule has 0 aromatic heterocycles. The quantitative estimate of drug-likeness (QED) is 0.622. The molecule has 0 amide bonds. The third kappa shape index (κ3) is 1.30. The summed E-state index contributed by atoms with van der Waals surface area (Å²) in [5, 5.41) is 9.03. The van der Waals surface area contributed by atoms with Crippen molar-refractivity contribution in [3.63, 3.8) is 0 Å². The zero-order chi connectivity index (χ0) is 9.30. The van der Waals surface area contributed by atoms with Crippen LogP contribution < -0.4 is 5.73 Å². The highest BCUT2D eigenvalue weighted by molar-refractivity contribution is 5.59. The van der Waals surface area contributed by atoms with Gasteiger partial charge in [0.15, 0.2) is 0 Å². The minimum atomic E-state index is 0.0266. The summed E-state index contributed by atoms with van der Waals surface area (Å²) in [6.07, 6.45) is 0. The van der Waals surface area contributed by atoms with E-state index in [-0.39, 0.29) is 6.61 Å². The van der Waals surface area contributed by atoms with Gasteiger partial charge in [-0.15, -0.1) is 0 Å². The maximum atomic E-state index is 9.03. The average Bonchev–Trinajstić information content (AvgIpc) is 2.01. The van der Waals surface area contributed by atoms with Crippen molar-refractivity contribution in [1.82, 2.24) is 0 Å². The Hall–Kier alpha value is -1.02. The molecule has 3 N–H and O–H groups in total. The summed E-state index contributed by atoms with van der Waals surface area (Å²) in [6, 6.07) is 2.05. The summed E-state index contributed by atoms with van der Waals surface area (Å²) in [5.41, 5.74) is 10.7. The first-order valence-electron chi connectivity index (χ1n) is 4.04. The van der Waals surface area contributed by atoms with Crippen molar-refractivity contribution >= 4 is 5.69 Å². The van der Waals surface area contributed by atoms with E-state index in [1.54, 1.807) is 0 Å². The lowest BCUT2D eigenvalue weighted by atomic mass is 9.99. The van der Waals surface area contributed by atoms with Gasteiger partial charge in [-0.1, -0.05) is 6.07 Å². The molecule has 0 aliphatic rings. The Morgan fingerprint density at radius 2 is 1.83 bits per heavy atom. The molecule has 0 spiro atoms. The third-order valence-corrected chi connectivity index (χ3v) is 2.39. The fraction of sp³-hybridized carbons (Fsp3) is 0.400. The molecule has 0 fully saturated rings. The van der Waals surface area contributed by atoms with Crippen LogP contribution in [0.2, 0.25) is 0 Å². The van der Waals surface area contributed by atoms with E-state index in [0.29, 0.717) is 0 Å². The number of hydrogen-bond donors (Lipinski definition) is 2. The Bertz CT molecular complexity index is 305. The van der Waals surface area contributed by atoms with Crippen LogP contribution in [0.15, 0.2) is 6.07 Å². The van der Waals surface area contributed by atoms with Crippen molar-refractivity contribution in [2.45, 2.75) is 27.4 Å². The number of rotatable bonds is 1. The highest BCUT2D eigenvalue weighted by Crippen LogP contribution is 2.24. The molecule has 1 aromatic rings. The number of nitrogens with two attached hydrogens (primary N) is 1. The van der Waals surface area contributed by atoms with Gasteiger partial charge in [-0.2, -0.15) is 0 Å². The molecular weight excluding hydrogens is 150 g/mol. The molecular formula is C10H15NO. The Morgan fingerprint density at radius 3 is 2.33 bits per heavy atom. The highest BCUT2D eigenvalue weighted by atomic mass is 16.3. The first-order valence-corrected chi connectivity index (χ1v) is 4.04. The average molecular weight is 165 g/mol. The normalized spacial score (nSPS) is 10.3. The maximum Gasteiger partial charge on any atom is 0.0704 e. The SMILES string of the molecule is Cc1cc(C)c(CO)c(N)c1C. The molecule has 1 aromatic carbocycles. The lowest BCUT2D eigenvalue weighted by Crippen LogP contribution is -2.01. The van der Waals surface area contributed by atoms with E-state index in [9.17, 15) is 0 Å². The fourth-order valence-corrected chi connectivity index (χ4v) is 1.38. The van der Waals surface area contributed by atoms with E-state index in [4.69, 9.17) is 10.8 Å². The molecule has 0 radical (unpaired) electrons. The van der Waals surface area contributed by atoms with Gasteiger partial charge in [0, 0.05) is 11.3 Å². The van der Waals surface area contributed by atoms with Crippen LogP contribution in [0.1, 0.15) is 22.3 Å². The van der Waals surface area contributed by atoms with Crippen LogP contribution in [0.3, 0.4) is 0 Å². The minimum absolute atomic E-state index is 0.0266. The standard InChI is InChI=1S/C10H15NO/c1-6-4-7(2)9(5-12)10(11)8(6)3/h4,12H,5,11H2,1-3H3. The Morgan fingerprint density at radius 1 is 1.25 bits per heavy atom. The van der Waals surface area contributed by atoms with Gasteiger partial charge in [-0.3, -0.25) is 0 Å². The van der Waals surface area contributed by atoms with Gasteiger partial charge in [-0.25, -0.2) is 0 Å². The predicted octanol–water partition coefficient (Wildman–Crippen LogP) is 1.69. The maximum absolute atomic E-state index is 9.03. The molecule has 0 aliphatic carbocycles. The number of benzene rings is 1. The molecule has 2 heteroatoms. The van der Waals surface area contributed by atoms with Gasteiger partial charge in [-0.05, 0) is 37.5 Å². The van der Waals surface area contributed by atoms with Gasteiger partial charge in [0.1, 0.15) is 0 Å². The predicted molar refractivity (Wildman–Crippen MR) is 51.0 cm³/mol. The van der Waals surface area contributed by atoms with Crippen molar-refractivity contribution in [1.29, 1.82) is 0 Å².